The van der Waals surface area contributed by atoms with Crippen molar-refractivity contribution >= 4 is 5.91 Å². The molecule has 2 aromatic rings. The first-order valence-corrected chi connectivity index (χ1v) is 9.78. The van der Waals surface area contributed by atoms with E-state index in [0.717, 1.165) is 56.2 Å². The molecular formula is C19H26N6O2. The second-order valence-corrected chi connectivity index (χ2v) is 7.58. The average Bonchev–Trinajstić information content (AvgIpc) is 2.90. The summed E-state index contributed by atoms with van der Waals surface area (Å²) >= 11 is 0. The van der Waals surface area contributed by atoms with E-state index in [1.807, 2.05) is 0 Å². The third-order valence-electron chi connectivity index (χ3n) is 5.72. The minimum atomic E-state index is -0.698. The standard InChI is InChI=1S/C19H26N6O2/c20-17(26)15-6-5-14(21-19(15)27)12-24-10-7-13(8-11-24)18-23-22-16-4-2-1-3-9-25(16)18/h5-6,13H,1-4,7-12H2,(H2,20,26)(H,21,27). The molecule has 27 heavy (non-hydrogen) atoms. The van der Waals surface area contributed by atoms with Gasteiger partial charge in [-0.3, -0.25) is 14.5 Å². The molecule has 0 atom stereocenters. The SMILES string of the molecule is NC(=O)c1ccc(CN2CCC(c3nnc4n3CCCCC4)CC2)[nH]c1=O. The second kappa shape index (κ2) is 7.64. The van der Waals surface area contributed by atoms with Crippen molar-refractivity contribution in [3.63, 3.8) is 0 Å². The van der Waals surface area contributed by atoms with E-state index in [4.69, 9.17) is 5.73 Å². The fourth-order valence-electron chi connectivity index (χ4n) is 4.20. The average molecular weight is 370 g/mol. The molecule has 0 aliphatic carbocycles. The van der Waals surface area contributed by atoms with Gasteiger partial charge in [-0.25, -0.2) is 0 Å². The minimum Gasteiger partial charge on any atom is -0.365 e. The summed E-state index contributed by atoms with van der Waals surface area (Å²) in [6.07, 6.45) is 6.83. The summed E-state index contributed by atoms with van der Waals surface area (Å²) in [5, 5.41) is 8.95. The molecule has 4 heterocycles. The zero-order valence-corrected chi connectivity index (χ0v) is 15.5. The van der Waals surface area contributed by atoms with Crippen molar-refractivity contribution in [1.82, 2.24) is 24.6 Å². The van der Waals surface area contributed by atoms with Gasteiger partial charge in [-0.1, -0.05) is 6.42 Å². The van der Waals surface area contributed by atoms with Gasteiger partial charge in [-0.15, -0.1) is 10.2 Å². The monoisotopic (exact) mass is 370 g/mol. The van der Waals surface area contributed by atoms with Crippen molar-refractivity contribution in [2.24, 2.45) is 5.73 Å². The van der Waals surface area contributed by atoms with E-state index in [9.17, 15) is 9.59 Å². The van der Waals surface area contributed by atoms with Crippen LogP contribution >= 0.6 is 0 Å². The van der Waals surface area contributed by atoms with Gasteiger partial charge in [0.25, 0.3) is 11.5 Å². The number of fused-ring (bicyclic) bond motifs is 1. The molecule has 4 rings (SSSR count). The van der Waals surface area contributed by atoms with Crippen LogP contribution < -0.4 is 11.3 Å². The molecule has 144 valence electrons. The molecule has 0 unspecified atom stereocenters. The minimum absolute atomic E-state index is 0.00459. The predicted molar refractivity (Wildman–Crippen MR) is 100 cm³/mol. The molecule has 1 saturated heterocycles. The maximum Gasteiger partial charge on any atom is 0.261 e. The van der Waals surface area contributed by atoms with E-state index in [1.165, 1.54) is 25.3 Å². The molecule has 2 aromatic heterocycles. The number of nitrogens with zero attached hydrogens (tertiary/aromatic N) is 4. The summed E-state index contributed by atoms with van der Waals surface area (Å²) in [4.78, 5) is 28.2. The summed E-state index contributed by atoms with van der Waals surface area (Å²) in [6.45, 7) is 3.61. The van der Waals surface area contributed by atoms with Gasteiger partial charge in [0, 0.05) is 31.1 Å². The molecule has 1 fully saturated rings. The van der Waals surface area contributed by atoms with Crippen LogP contribution in [0, 0.1) is 0 Å². The summed E-state index contributed by atoms with van der Waals surface area (Å²) in [5.41, 5.74) is 5.58. The first-order valence-electron chi connectivity index (χ1n) is 9.78. The van der Waals surface area contributed by atoms with Crippen LogP contribution in [0.5, 0.6) is 0 Å². The van der Waals surface area contributed by atoms with Crippen LogP contribution in [0.1, 0.15) is 65.7 Å². The van der Waals surface area contributed by atoms with Crippen molar-refractivity contribution in [3.05, 3.63) is 45.4 Å². The van der Waals surface area contributed by atoms with Gasteiger partial charge in [-0.05, 0) is 50.9 Å². The van der Waals surface area contributed by atoms with Crippen molar-refractivity contribution in [2.75, 3.05) is 13.1 Å². The highest BCUT2D eigenvalue weighted by molar-refractivity contribution is 5.92. The highest BCUT2D eigenvalue weighted by Crippen LogP contribution is 2.29. The van der Waals surface area contributed by atoms with E-state index in [0.29, 0.717) is 12.5 Å². The lowest BCUT2D eigenvalue weighted by Crippen LogP contribution is -2.34. The quantitative estimate of drug-likeness (QED) is 0.839. The fraction of sp³-hybridized carbons (Fsp3) is 0.579. The van der Waals surface area contributed by atoms with Crippen molar-refractivity contribution in [1.29, 1.82) is 0 Å². The van der Waals surface area contributed by atoms with Crippen molar-refractivity contribution in [2.45, 2.75) is 57.5 Å². The summed E-state index contributed by atoms with van der Waals surface area (Å²) in [6, 6.07) is 3.28. The number of primary amides is 1. The van der Waals surface area contributed by atoms with Gasteiger partial charge < -0.3 is 15.3 Å². The highest BCUT2D eigenvalue weighted by Gasteiger charge is 2.26. The predicted octanol–water partition coefficient (Wildman–Crippen LogP) is 1.17. The number of hydrogen-bond donors (Lipinski definition) is 2. The zero-order valence-electron chi connectivity index (χ0n) is 15.5. The first-order chi connectivity index (χ1) is 13.1. The van der Waals surface area contributed by atoms with Crippen LogP contribution in [0.25, 0.3) is 0 Å². The van der Waals surface area contributed by atoms with E-state index < -0.39 is 11.5 Å². The molecule has 0 spiro atoms. The second-order valence-electron chi connectivity index (χ2n) is 7.58. The van der Waals surface area contributed by atoms with Gasteiger partial charge in [0.15, 0.2) is 0 Å². The number of nitrogens with one attached hydrogen (secondary N) is 1. The lowest BCUT2D eigenvalue weighted by Gasteiger charge is -2.31. The van der Waals surface area contributed by atoms with Crippen LogP contribution in [-0.2, 0) is 19.5 Å². The topological polar surface area (TPSA) is 110 Å². The molecule has 0 bridgehead atoms. The number of amides is 1. The smallest absolute Gasteiger partial charge is 0.261 e. The Morgan fingerprint density at radius 2 is 1.96 bits per heavy atom. The number of aryl methyl sites for hydroxylation is 1. The number of carbonyl (C=O) groups excluding carboxylic acids is 1. The number of likely N-dealkylation sites (tertiary alicyclic amines) is 1. The maximum atomic E-state index is 11.9. The Morgan fingerprint density at radius 1 is 1.15 bits per heavy atom. The van der Waals surface area contributed by atoms with Gasteiger partial charge in [0.2, 0.25) is 0 Å². The Labute approximate surface area is 157 Å². The Morgan fingerprint density at radius 3 is 2.70 bits per heavy atom. The molecular weight excluding hydrogens is 344 g/mol. The van der Waals surface area contributed by atoms with Gasteiger partial charge in [-0.2, -0.15) is 0 Å². The molecule has 0 aromatic carbocycles. The molecule has 8 nitrogen and oxygen atoms in total. The lowest BCUT2D eigenvalue weighted by atomic mass is 9.95. The Balaban J connectivity index is 1.38. The number of piperidine rings is 1. The van der Waals surface area contributed by atoms with Crippen LogP contribution in [0.15, 0.2) is 16.9 Å². The number of aromatic amines is 1. The van der Waals surface area contributed by atoms with E-state index in [-0.39, 0.29) is 5.56 Å². The molecule has 0 radical (unpaired) electrons. The van der Waals surface area contributed by atoms with Gasteiger partial charge in [0.1, 0.15) is 17.2 Å². The summed E-state index contributed by atoms with van der Waals surface area (Å²) < 4.78 is 2.35. The number of H-pyrrole nitrogens is 1. The van der Waals surface area contributed by atoms with E-state index in [2.05, 4.69) is 24.6 Å². The Hall–Kier alpha value is -2.48. The van der Waals surface area contributed by atoms with Crippen molar-refractivity contribution < 1.29 is 4.79 Å². The van der Waals surface area contributed by atoms with E-state index in [1.54, 1.807) is 6.07 Å². The fourth-order valence-corrected chi connectivity index (χ4v) is 4.20. The lowest BCUT2D eigenvalue weighted by molar-refractivity contribution is 0.0998. The maximum absolute atomic E-state index is 11.9. The van der Waals surface area contributed by atoms with Crippen LogP contribution in [0.2, 0.25) is 0 Å². The number of hydrogen-bond acceptors (Lipinski definition) is 5. The van der Waals surface area contributed by atoms with Crippen LogP contribution in [-0.4, -0.2) is 43.6 Å². The van der Waals surface area contributed by atoms with Gasteiger partial charge >= 0.3 is 0 Å². The molecule has 2 aliphatic heterocycles. The van der Waals surface area contributed by atoms with Crippen molar-refractivity contribution in [3.8, 4) is 0 Å². The van der Waals surface area contributed by atoms with E-state index >= 15 is 0 Å². The number of rotatable bonds is 4. The zero-order chi connectivity index (χ0) is 18.8. The molecule has 0 saturated carbocycles. The summed E-state index contributed by atoms with van der Waals surface area (Å²) in [5.74, 6) is 2.07. The van der Waals surface area contributed by atoms with Crippen LogP contribution in [0.4, 0.5) is 0 Å². The molecule has 1 amide bonds. The molecule has 2 aliphatic rings. The Bertz CT molecular complexity index is 879. The molecule has 3 N–H and O–H groups in total. The number of nitrogens with two attached hydrogens (primary N) is 1. The largest absolute Gasteiger partial charge is 0.365 e. The summed E-state index contributed by atoms with van der Waals surface area (Å²) in [7, 11) is 0. The van der Waals surface area contributed by atoms with Crippen LogP contribution in [0.3, 0.4) is 0 Å². The first kappa shape index (κ1) is 17.9. The Kier molecular flexibility index (Phi) is 5.07. The highest BCUT2D eigenvalue weighted by atomic mass is 16.2. The third-order valence-corrected chi connectivity index (χ3v) is 5.72. The number of carbonyl (C=O) groups is 1. The number of aromatic nitrogens is 4. The van der Waals surface area contributed by atoms with Gasteiger partial charge in [0.05, 0.1) is 0 Å². The number of pyridine rings is 1. The molecule has 8 heteroatoms. The third kappa shape index (κ3) is 3.80. The normalized spacial score (nSPS) is 18.8.